The maximum atomic E-state index is 13.0. The van der Waals surface area contributed by atoms with Crippen LogP contribution in [-0.2, 0) is 24.5 Å². The van der Waals surface area contributed by atoms with Gasteiger partial charge in [-0.25, -0.2) is 0 Å². The molecule has 2 heterocycles. The van der Waals surface area contributed by atoms with Gasteiger partial charge in [-0.15, -0.1) is 0 Å². The summed E-state index contributed by atoms with van der Waals surface area (Å²) in [6, 6.07) is 8.02. The Balaban J connectivity index is 2.14. The van der Waals surface area contributed by atoms with Crippen LogP contribution >= 0.6 is 23.1 Å². The lowest BCUT2D eigenvalue weighted by Gasteiger charge is -2.34. The molecular formula is C22H27NO5S2. The summed E-state index contributed by atoms with van der Waals surface area (Å²) in [5.41, 5.74) is 2.01. The fraction of sp³-hybridized carbons (Fsp3) is 0.500. The second-order valence-electron chi connectivity index (χ2n) is 8.13. The topological polar surface area (TPSA) is 85.5 Å². The van der Waals surface area contributed by atoms with Crippen LogP contribution in [0.3, 0.4) is 0 Å². The van der Waals surface area contributed by atoms with Gasteiger partial charge in [-0.3, -0.25) is 14.4 Å². The van der Waals surface area contributed by atoms with Gasteiger partial charge in [0, 0.05) is 10.8 Å². The molecule has 1 aliphatic heterocycles. The molecule has 1 aromatic heterocycles. The Morgan fingerprint density at radius 1 is 1.03 bits per heavy atom. The van der Waals surface area contributed by atoms with Gasteiger partial charge in [-0.1, -0.05) is 68.1 Å². The predicted octanol–water partition coefficient (Wildman–Crippen LogP) is 4.08. The van der Waals surface area contributed by atoms with Crippen molar-refractivity contribution in [2.24, 2.45) is 5.92 Å². The number of ether oxygens (including phenoxy) is 2. The maximum absolute atomic E-state index is 13.0. The van der Waals surface area contributed by atoms with Crippen LogP contribution in [0.4, 0.5) is 0 Å². The van der Waals surface area contributed by atoms with Gasteiger partial charge < -0.3 is 14.5 Å². The first-order chi connectivity index (χ1) is 14.2. The monoisotopic (exact) mass is 449 g/mol. The molecule has 2 aromatic rings. The molecule has 1 aliphatic rings. The lowest BCUT2D eigenvalue weighted by molar-refractivity contribution is -0.154. The number of benzene rings is 1. The van der Waals surface area contributed by atoms with Crippen LogP contribution in [0.15, 0.2) is 34.1 Å². The van der Waals surface area contributed by atoms with Crippen molar-refractivity contribution >= 4 is 35.0 Å². The number of esters is 2. The molecule has 30 heavy (non-hydrogen) atoms. The highest BCUT2D eigenvalue weighted by molar-refractivity contribution is 8.00. The minimum absolute atomic E-state index is 0.0149. The summed E-state index contributed by atoms with van der Waals surface area (Å²) >= 11 is 2.25. The number of carbonyl (C=O) groups is 2. The fourth-order valence-corrected chi connectivity index (χ4v) is 6.09. The SMILES string of the molecule is CCOC(=O)[C@H]1[C@@H](c2ccc(C(C)(C)C)cc2)c2sc(=O)[nH]c2S[C@H]1C(=O)OCC. The number of rotatable bonds is 5. The van der Waals surface area contributed by atoms with Gasteiger partial charge in [0.1, 0.15) is 5.25 Å². The Morgan fingerprint density at radius 2 is 1.63 bits per heavy atom. The smallest absolute Gasteiger partial charge is 0.320 e. The Bertz CT molecular complexity index is 971. The van der Waals surface area contributed by atoms with Crippen molar-refractivity contribution in [3.63, 3.8) is 0 Å². The van der Waals surface area contributed by atoms with Gasteiger partial charge >= 0.3 is 16.8 Å². The number of aromatic nitrogens is 1. The molecule has 1 aromatic carbocycles. The third-order valence-electron chi connectivity index (χ3n) is 5.07. The van der Waals surface area contributed by atoms with E-state index in [1.807, 2.05) is 24.3 Å². The minimum atomic E-state index is -0.797. The molecule has 0 amide bonds. The van der Waals surface area contributed by atoms with Gasteiger partial charge in [-0.2, -0.15) is 0 Å². The average Bonchev–Trinajstić information content (AvgIpc) is 3.06. The normalized spacial score (nSPS) is 21.0. The van der Waals surface area contributed by atoms with E-state index >= 15 is 0 Å². The first-order valence-electron chi connectivity index (χ1n) is 10.0. The van der Waals surface area contributed by atoms with E-state index in [9.17, 15) is 14.4 Å². The van der Waals surface area contributed by atoms with E-state index in [4.69, 9.17) is 9.47 Å². The van der Waals surface area contributed by atoms with Crippen molar-refractivity contribution in [2.75, 3.05) is 13.2 Å². The molecule has 0 saturated carbocycles. The number of thioether (sulfide) groups is 1. The van der Waals surface area contributed by atoms with E-state index in [1.165, 1.54) is 11.8 Å². The number of hydrogen-bond donors (Lipinski definition) is 1. The van der Waals surface area contributed by atoms with E-state index in [-0.39, 0.29) is 23.5 Å². The summed E-state index contributed by atoms with van der Waals surface area (Å²) in [5.74, 6) is -2.19. The summed E-state index contributed by atoms with van der Waals surface area (Å²) in [6.07, 6.45) is 0. The molecule has 0 saturated heterocycles. The lowest BCUT2D eigenvalue weighted by atomic mass is 9.80. The molecule has 1 N–H and O–H groups in total. The van der Waals surface area contributed by atoms with Crippen LogP contribution in [-0.4, -0.2) is 35.4 Å². The molecule has 6 nitrogen and oxygen atoms in total. The molecule has 0 bridgehead atoms. The Hall–Kier alpha value is -2.06. The molecule has 3 atom stereocenters. The van der Waals surface area contributed by atoms with Crippen LogP contribution in [0, 0.1) is 5.92 Å². The molecule has 162 valence electrons. The molecule has 0 radical (unpaired) electrons. The zero-order valence-corrected chi connectivity index (χ0v) is 19.4. The van der Waals surface area contributed by atoms with Gasteiger partial charge in [0.2, 0.25) is 0 Å². The molecule has 0 spiro atoms. The van der Waals surface area contributed by atoms with Crippen molar-refractivity contribution in [3.8, 4) is 0 Å². The zero-order valence-electron chi connectivity index (χ0n) is 17.8. The van der Waals surface area contributed by atoms with Gasteiger partial charge in [0.15, 0.2) is 0 Å². The number of carbonyl (C=O) groups excluding carboxylic acids is 2. The Morgan fingerprint density at radius 3 is 2.20 bits per heavy atom. The molecule has 8 heteroatoms. The van der Waals surface area contributed by atoms with Gasteiger partial charge in [-0.05, 0) is 30.4 Å². The minimum Gasteiger partial charge on any atom is -0.466 e. The van der Waals surface area contributed by atoms with Crippen molar-refractivity contribution in [1.82, 2.24) is 4.98 Å². The van der Waals surface area contributed by atoms with Crippen molar-refractivity contribution in [3.05, 3.63) is 49.9 Å². The van der Waals surface area contributed by atoms with E-state index in [1.54, 1.807) is 13.8 Å². The molecular weight excluding hydrogens is 422 g/mol. The number of nitrogens with one attached hydrogen (secondary N) is 1. The Kier molecular flexibility index (Phi) is 6.77. The summed E-state index contributed by atoms with van der Waals surface area (Å²) < 4.78 is 10.6. The van der Waals surface area contributed by atoms with Crippen LogP contribution in [0.2, 0.25) is 0 Å². The molecule has 0 unspecified atom stereocenters. The van der Waals surface area contributed by atoms with Crippen LogP contribution in [0.5, 0.6) is 0 Å². The average molecular weight is 450 g/mol. The Labute approximate surface area is 184 Å². The lowest BCUT2D eigenvalue weighted by Crippen LogP contribution is -2.41. The number of H-pyrrole nitrogens is 1. The summed E-state index contributed by atoms with van der Waals surface area (Å²) in [5, 5.41) is -0.178. The van der Waals surface area contributed by atoms with Crippen LogP contribution in [0.25, 0.3) is 0 Å². The van der Waals surface area contributed by atoms with E-state index < -0.39 is 29.0 Å². The summed E-state index contributed by atoms with van der Waals surface area (Å²) in [4.78, 5) is 41.3. The van der Waals surface area contributed by atoms with E-state index in [0.717, 1.165) is 27.3 Å². The highest BCUT2D eigenvalue weighted by Gasteiger charge is 2.49. The van der Waals surface area contributed by atoms with Crippen molar-refractivity contribution in [1.29, 1.82) is 0 Å². The highest BCUT2D eigenvalue weighted by Crippen LogP contribution is 2.50. The largest absolute Gasteiger partial charge is 0.466 e. The first-order valence-corrected chi connectivity index (χ1v) is 11.7. The number of aromatic amines is 1. The van der Waals surface area contributed by atoms with Crippen LogP contribution < -0.4 is 4.87 Å². The molecule has 3 rings (SSSR count). The third kappa shape index (κ3) is 4.49. The van der Waals surface area contributed by atoms with Gasteiger partial charge in [0.05, 0.1) is 24.2 Å². The van der Waals surface area contributed by atoms with Crippen molar-refractivity contribution < 1.29 is 19.1 Å². The van der Waals surface area contributed by atoms with E-state index in [2.05, 4.69) is 25.8 Å². The second-order valence-corrected chi connectivity index (χ2v) is 10.3. The predicted molar refractivity (Wildman–Crippen MR) is 118 cm³/mol. The summed E-state index contributed by atoms with van der Waals surface area (Å²) in [7, 11) is 0. The first kappa shape index (κ1) is 22.6. The third-order valence-corrected chi connectivity index (χ3v) is 7.46. The van der Waals surface area contributed by atoms with Gasteiger partial charge in [0.25, 0.3) is 0 Å². The zero-order chi connectivity index (χ0) is 22.1. The fourth-order valence-electron chi connectivity index (χ4n) is 3.62. The standard InChI is InChI=1S/C22H27NO5S2/c1-6-27-19(24)15-14(12-8-10-13(11-9-12)22(3,4)5)16-18(23-21(26)30-16)29-17(15)20(25)28-7-2/h8-11,14-15,17H,6-7H2,1-5H3,(H,23,26)/t14-,15+,17-/m1/s1. The van der Waals surface area contributed by atoms with Crippen LogP contribution in [0.1, 0.15) is 56.5 Å². The highest BCUT2D eigenvalue weighted by atomic mass is 32.2. The molecule has 0 aliphatic carbocycles. The number of thiazole rings is 1. The maximum Gasteiger partial charge on any atom is 0.320 e. The number of hydrogen-bond acceptors (Lipinski definition) is 7. The summed E-state index contributed by atoms with van der Waals surface area (Å²) in [6.45, 7) is 10.3. The second kappa shape index (κ2) is 8.98. The quantitative estimate of drug-likeness (QED) is 0.692. The number of fused-ring (bicyclic) bond motifs is 1. The molecule has 0 fully saturated rings. The van der Waals surface area contributed by atoms with Crippen molar-refractivity contribution in [2.45, 2.75) is 56.2 Å². The van der Waals surface area contributed by atoms with E-state index in [0.29, 0.717) is 5.03 Å².